The maximum absolute atomic E-state index is 13.0. The lowest BCUT2D eigenvalue weighted by Gasteiger charge is -2.40. The molecule has 1 aromatic rings. The van der Waals surface area contributed by atoms with Crippen molar-refractivity contribution in [2.24, 2.45) is 5.92 Å². The molecule has 3 atom stereocenters. The first kappa shape index (κ1) is 19.9. The molecule has 2 fully saturated rings. The Morgan fingerprint density at radius 1 is 1.17 bits per heavy atom. The van der Waals surface area contributed by atoms with Gasteiger partial charge in [-0.25, -0.2) is 0 Å². The number of nitrogens with zero attached hydrogens (tertiary/aromatic N) is 3. The van der Waals surface area contributed by atoms with E-state index in [1.54, 1.807) is 4.90 Å². The van der Waals surface area contributed by atoms with Gasteiger partial charge < -0.3 is 14.5 Å². The SMILES string of the molecule is CC[C@H]1[C@@H](C(=O)OC)C[C@H]2CN(C(=O)CN3CCc4ccccc4C3)CC(=O)N21. The van der Waals surface area contributed by atoms with Gasteiger partial charge in [0.2, 0.25) is 11.8 Å². The molecule has 3 aliphatic heterocycles. The van der Waals surface area contributed by atoms with Gasteiger partial charge in [0.1, 0.15) is 0 Å². The summed E-state index contributed by atoms with van der Waals surface area (Å²) in [5.74, 6) is -0.625. The second-order valence-electron chi connectivity index (χ2n) is 8.30. The largest absolute Gasteiger partial charge is 0.469 e. The van der Waals surface area contributed by atoms with Crippen LogP contribution in [-0.2, 0) is 32.1 Å². The monoisotopic (exact) mass is 399 g/mol. The van der Waals surface area contributed by atoms with Gasteiger partial charge in [-0.15, -0.1) is 0 Å². The Kier molecular flexibility index (Phi) is 5.58. The van der Waals surface area contributed by atoms with Crippen molar-refractivity contribution < 1.29 is 19.1 Å². The fraction of sp³-hybridized carbons (Fsp3) is 0.591. The molecular weight excluding hydrogens is 370 g/mol. The molecule has 2 saturated heterocycles. The summed E-state index contributed by atoms with van der Waals surface area (Å²) in [7, 11) is 1.39. The molecule has 7 nitrogen and oxygen atoms in total. The van der Waals surface area contributed by atoms with Gasteiger partial charge in [0.15, 0.2) is 0 Å². The zero-order valence-corrected chi connectivity index (χ0v) is 17.2. The first-order chi connectivity index (χ1) is 14.0. The van der Waals surface area contributed by atoms with Crippen molar-refractivity contribution in [1.82, 2.24) is 14.7 Å². The van der Waals surface area contributed by atoms with E-state index in [-0.39, 0.29) is 42.3 Å². The number of methoxy groups -OCH3 is 1. The van der Waals surface area contributed by atoms with Crippen LogP contribution in [0.25, 0.3) is 0 Å². The second kappa shape index (κ2) is 8.14. The summed E-state index contributed by atoms with van der Waals surface area (Å²) in [4.78, 5) is 43.6. The number of hydrogen-bond donors (Lipinski definition) is 0. The minimum absolute atomic E-state index is 0.00746. The Bertz CT molecular complexity index is 811. The third-order valence-electron chi connectivity index (χ3n) is 6.63. The van der Waals surface area contributed by atoms with Crippen molar-refractivity contribution in [3.63, 3.8) is 0 Å². The number of piperazine rings is 1. The van der Waals surface area contributed by atoms with Crippen molar-refractivity contribution in [3.05, 3.63) is 35.4 Å². The van der Waals surface area contributed by atoms with Crippen LogP contribution < -0.4 is 0 Å². The predicted molar refractivity (Wildman–Crippen MR) is 107 cm³/mol. The smallest absolute Gasteiger partial charge is 0.310 e. The molecule has 0 aromatic heterocycles. The summed E-state index contributed by atoms with van der Waals surface area (Å²) in [6.45, 7) is 4.53. The van der Waals surface area contributed by atoms with Gasteiger partial charge in [0.05, 0.1) is 32.2 Å². The van der Waals surface area contributed by atoms with E-state index in [4.69, 9.17) is 4.74 Å². The number of carbonyl (C=O) groups is 3. The molecule has 29 heavy (non-hydrogen) atoms. The van der Waals surface area contributed by atoms with Crippen molar-refractivity contribution >= 4 is 17.8 Å². The van der Waals surface area contributed by atoms with E-state index in [0.717, 1.165) is 19.5 Å². The number of benzene rings is 1. The van der Waals surface area contributed by atoms with Gasteiger partial charge in [-0.3, -0.25) is 19.3 Å². The Hall–Kier alpha value is -2.41. The van der Waals surface area contributed by atoms with Gasteiger partial charge in [-0.1, -0.05) is 31.2 Å². The maximum atomic E-state index is 13.0. The molecule has 0 saturated carbocycles. The van der Waals surface area contributed by atoms with Crippen LogP contribution in [0.5, 0.6) is 0 Å². The summed E-state index contributed by atoms with van der Waals surface area (Å²) in [5.41, 5.74) is 2.63. The number of ether oxygens (including phenoxy) is 1. The minimum atomic E-state index is -0.299. The number of amides is 2. The molecule has 4 rings (SSSR count). The molecule has 2 amide bonds. The van der Waals surface area contributed by atoms with Crippen LogP contribution in [-0.4, -0.2) is 77.9 Å². The van der Waals surface area contributed by atoms with Crippen molar-refractivity contribution in [1.29, 1.82) is 0 Å². The topological polar surface area (TPSA) is 70.2 Å². The molecule has 0 N–H and O–H groups in total. The van der Waals surface area contributed by atoms with Crippen LogP contribution in [0.3, 0.4) is 0 Å². The van der Waals surface area contributed by atoms with Gasteiger partial charge in [0.25, 0.3) is 0 Å². The Morgan fingerprint density at radius 3 is 2.66 bits per heavy atom. The lowest BCUT2D eigenvalue weighted by atomic mass is 9.97. The van der Waals surface area contributed by atoms with Gasteiger partial charge in [-0.05, 0) is 30.4 Å². The highest BCUT2D eigenvalue weighted by atomic mass is 16.5. The van der Waals surface area contributed by atoms with Crippen molar-refractivity contribution in [3.8, 4) is 0 Å². The van der Waals surface area contributed by atoms with Gasteiger partial charge in [-0.2, -0.15) is 0 Å². The summed E-state index contributed by atoms with van der Waals surface area (Å²) in [5, 5.41) is 0. The van der Waals surface area contributed by atoms with E-state index < -0.39 is 0 Å². The average Bonchev–Trinajstić information content (AvgIpc) is 3.12. The van der Waals surface area contributed by atoms with E-state index in [1.807, 2.05) is 17.9 Å². The van der Waals surface area contributed by atoms with E-state index in [9.17, 15) is 14.4 Å². The highest BCUT2D eigenvalue weighted by Gasteiger charge is 2.49. The van der Waals surface area contributed by atoms with Crippen molar-refractivity contribution in [2.45, 2.75) is 44.8 Å². The fourth-order valence-corrected chi connectivity index (χ4v) is 5.20. The van der Waals surface area contributed by atoms with Crippen LogP contribution in [0.15, 0.2) is 24.3 Å². The molecule has 3 heterocycles. The summed E-state index contributed by atoms with van der Waals surface area (Å²) < 4.78 is 4.95. The highest BCUT2D eigenvalue weighted by Crippen LogP contribution is 2.35. The first-order valence-electron chi connectivity index (χ1n) is 10.5. The standard InChI is InChI=1S/C22H29N3O4/c1-3-19-18(22(28)29-2)10-17-12-24(14-21(27)25(17)19)20(26)13-23-9-8-15-6-4-5-7-16(15)11-23/h4-7,17-19H,3,8-14H2,1-2H3/t17-,18-,19-/m0/s1. The van der Waals surface area contributed by atoms with Crippen LogP contribution in [0.2, 0.25) is 0 Å². The molecule has 156 valence electrons. The summed E-state index contributed by atoms with van der Waals surface area (Å²) in [6.07, 6.45) is 2.22. The highest BCUT2D eigenvalue weighted by molar-refractivity contribution is 5.88. The van der Waals surface area contributed by atoms with Crippen LogP contribution >= 0.6 is 0 Å². The lowest BCUT2D eigenvalue weighted by Crippen LogP contribution is -2.58. The van der Waals surface area contributed by atoms with Crippen LogP contribution in [0, 0.1) is 5.92 Å². The maximum Gasteiger partial charge on any atom is 0.310 e. The van der Waals surface area contributed by atoms with Gasteiger partial charge in [0, 0.05) is 25.7 Å². The molecule has 0 spiro atoms. The number of carbonyl (C=O) groups excluding carboxylic acids is 3. The number of hydrogen-bond acceptors (Lipinski definition) is 5. The molecule has 7 heteroatoms. The summed E-state index contributed by atoms with van der Waals surface area (Å²) >= 11 is 0. The normalized spacial score (nSPS) is 26.8. The number of rotatable bonds is 4. The minimum Gasteiger partial charge on any atom is -0.469 e. The van der Waals surface area contributed by atoms with E-state index in [1.165, 1.54) is 18.2 Å². The molecule has 3 aliphatic rings. The van der Waals surface area contributed by atoms with Crippen molar-refractivity contribution in [2.75, 3.05) is 33.3 Å². The lowest BCUT2D eigenvalue weighted by molar-refractivity contribution is -0.151. The zero-order valence-electron chi connectivity index (χ0n) is 17.2. The van der Waals surface area contributed by atoms with Gasteiger partial charge >= 0.3 is 5.97 Å². The third kappa shape index (κ3) is 3.75. The Labute approximate surface area is 171 Å². The van der Waals surface area contributed by atoms with E-state index in [0.29, 0.717) is 25.9 Å². The predicted octanol–water partition coefficient (Wildman–Crippen LogP) is 1.06. The first-order valence-corrected chi connectivity index (χ1v) is 10.5. The fourth-order valence-electron chi connectivity index (χ4n) is 5.20. The van der Waals surface area contributed by atoms with Crippen LogP contribution in [0.4, 0.5) is 0 Å². The quantitative estimate of drug-likeness (QED) is 0.708. The van der Waals surface area contributed by atoms with E-state index >= 15 is 0 Å². The molecule has 0 radical (unpaired) electrons. The zero-order chi connectivity index (χ0) is 20.5. The average molecular weight is 399 g/mol. The molecule has 0 unspecified atom stereocenters. The molecule has 0 bridgehead atoms. The number of esters is 1. The molecular formula is C22H29N3O4. The number of fused-ring (bicyclic) bond motifs is 2. The Morgan fingerprint density at radius 2 is 1.93 bits per heavy atom. The Balaban J connectivity index is 1.40. The summed E-state index contributed by atoms with van der Waals surface area (Å²) in [6, 6.07) is 8.12. The van der Waals surface area contributed by atoms with E-state index in [2.05, 4.69) is 23.1 Å². The van der Waals surface area contributed by atoms with Crippen LogP contribution in [0.1, 0.15) is 30.9 Å². The molecule has 0 aliphatic carbocycles. The second-order valence-corrected chi connectivity index (χ2v) is 8.30. The third-order valence-corrected chi connectivity index (χ3v) is 6.63. The molecule has 1 aromatic carbocycles.